The Labute approximate surface area is 119 Å². The highest BCUT2D eigenvalue weighted by Crippen LogP contribution is 2.34. The van der Waals surface area contributed by atoms with Crippen molar-refractivity contribution < 1.29 is 9.26 Å². The first-order chi connectivity index (χ1) is 9.33. The number of nitrogens with zero attached hydrogens (tertiary/aromatic N) is 1. The van der Waals surface area contributed by atoms with Gasteiger partial charge in [-0.05, 0) is 17.5 Å². The fourth-order valence-corrected chi connectivity index (χ4v) is 2.44. The van der Waals surface area contributed by atoms with E-state index >= 15 is 0 Å². The molecular weight excluding hydrogens is 306 g/mol. The first kappa shape index (κ1) is 12.2. The highest BCUT2D eigenvalue weighted by atomic mass is 79.9. The smallest absolute Gasteiger partial charge is 0.147 e. The molecule has 3 aromatic rings. The molecule has 0 N–H and O–H groups in total. The van der Waals surface area contributed by atoms with Gasteiger partial charge in [0, 0.05) is 17.0 Å². The zero-order valence-electron chi connectivity index (χ0n) is 10.4. The van der Waals surface area contributed by atoms with E-state index in [1.807, 2.05) is 36.4 Å². The summed E-state index contributed by atoms with van der Waals surface area (Å²) in [5.41, 5.74) is 1.89. The highest BCUT2D eigenvalue weighted by Gasteiger charge is 2.11. The van der Waals surface area contributed by atoms with Crippen LogP contribution in [0.5, 0.6) is 5.75 Å². The summed E-state index contributed by atoms with van der Waals surface area (Å²) in [6.07, 6.45) is 0. The summed E-state index contributed by atoms with van der Waals surface area (Å²) in [6, 6.07) is 14.0. The van der Waals surface area contributed by atoms with E-state index in [4.69, 9.17) is 9.26 Å². The van der Waals surface area contributed by atoms with E-state index in [0.29, 0.717) is 5.33 Å². The molecule has 3 rings (SSSR count). The van der Waals surface area contributed by atoms with Gasteiger partial charge in [-0.25, -0.2) is 0 Å². The molecule has 0 radical (unpaired) electrons. The van der Waals surface area contributed by atoms with Crippen LogP contribution in [-0.4, -0.2) is 12.3 Å². The molecule has 19 heavy (non-hydrogen) atoms. The zero-order chi connectivity index (χ0) is 13.2. The summed E-state index contributed by atoms with van der Waals surface area (Å²) in [7, 11) is 1.68. The Morgan fingerprint density at radius 1 is 1.16 bits per heavy atom. The summed E-state index contributed by atoms with van der Waals surface area (Å²) < 4.78 is 10.6. The maximum atomic E-state index is 5.39. The molecule has 0 aliphatic heterocycles. The summed E-state index contributed by atoms with van der Waals surface area (Å²) >= 11 is 3.36. The number of hydrogen-bond donors (Lipinski definition) is 0. The average molecular weight is 318 g/mol. The van der Waals surface area contributed by atoms with Crippen LogP contribution in [-0.2, 0) is 5.33 Å². The second-order valence-electron chi connectivity index (χ2n) is 4.17. The van der Waals surface area contributed by atoms with Gasteiger partial charge in [0.2, 0.25) is 0 Å². The molecule has 0 amide bonds. The van der Waals surface area contributed by atoms with Crippen LogP contribution in [0.3, 0.4) is 0 Å². The minimum absolute atomic E-state index is 0.661. The Balaban J connectivity index is 2.24. The van der Waals surface area contributed by atoms with Crippen molar-refractivity contribution in [2.45, 2.75) is 5.33 Å². The molecule has 1 heterocycles. The Morgan fingerprint density at radius 2 is 1.95 bits per heavy atom. The molecule has 0 aliphatic carbocycles. The molecule has 0 aliphatic rings. The highest BCUT2D eigenvalue weighted by molar-refractivity contribution is 9.08. The number of hydrogen-bond acceptors (Lipinski definition) is 3. The van der Waals surface area contributed by atoms with Gasteiger partial charge in [0.25, 0.3) is 0 Å². The third kappa shape index (κ3) is 2.12. The van der Waals surface area contributed by atoms with Gasteiger partial charge >= 0.3 is 0 Å². The van der Waals surface area contributed by atoms with Crippen molar-refractivity contribution in [2.75, 3.05) is 7.11 Å². The zero-order valence-corrected chi connectivity index (χ0v) is 12.0. The molecule has 3 nitrogen and oxygen atoms in total. The summed E-state index contributed by atoms with van der Waals surface area (Å²) in [6.45, 7) is 0. The summed E-state index contributed by atoms with van der Waals surface area (Å²) in [5.74, 6) is 1.68. The average Bonchev–Trinajstić information content (AvgIpc) is 2.95. The molecule has 96 valence electrons. The Morgan fingerprint density at radius 3 is 2.63 bits per heavy atom. The van der Waals surface area contributed by atoms with E-state index in [0.717, 1.165) is 33.5 Å². The molecule has 0 spiro atoms. The van der Waals surface area contributed by atoms with E-state index in [1.54, 1.807) is 7.11 Å². The summed E-state index contributed by atoms with van der Waals surface area (Å²) in [4.78, 5) is 0. The van der Waals surface area contributed by atoms with E-state index in [-0.39, 0.29) is 0 Å². The Bertz CT molecular complexity index is 721. The first-order valence-corrected chi connectivity index (χ1v) is 7.03. The monoisotopic (exact) mass is 317 g/mol. The number of halogens is 1. The van der Waals surface area contributed by atoms with Crippen molar-refractivity contribution in [3.05, 3.63) is 48.2 Å². The van der Waals surface area contributed by atoms with E-state index < -0.39 is 0 Å². The number of benzene rings is 2. The SMILES string of the molecule is COc1ccc(-c2cc(CBr)on2)c2ccccc12. The van der Waals surface area contributed by atoms with Gasteiger partial charge in [-0.2, -0.15) is 0 Å². The first-order valence-electron chi connectivity index (χ1n) is 5.91. The van der Waals surface area contributed by atoms with Crippen molar-refractivity contribution in [2.24, 2.45) is 0 Å². The molecule has 0 unspecified atom stereocenters. The van der Waals surface area contributed by atoms with Crippen LogP contribution in [0.15, 0.2) is 47.0 Å². The van der Waals surface area contributed by atoms with Gasteiger partial charge in [0.1, 0.15) is 17.2 Å². The molecule has 4 heteroatoms. The third-order valence-electron chi connectivity index (χ3n) is 3.07. The van der Waals surface area contributed by atoms with Crippen molar-refractivity contribution in [3.63, 3.8) is 0 Å². The quantitative estimate of drug-likeness (QED) is 0.672. The number of rotatable bonds is 3. The molecule has 1 aromatic heterocycles. The lowest BCUT2D eigenvalue weighted by Crippen LogP contribution is -1.87. The Hall–Kier alpha value is -1.81. The standard InChI is InChI=1S/C15H12BrNO2/c1-18-15-7-6-12(11-4-2-3-5-13(11)15)14-8-10(9-16)19-17-14/h2-8H,9H2,1H3. The maximum absolute atomic E-state index is 5.39. The van der Waals surface area contributed by atoms with E-state index in [9.17, 15) is 0 Å². The molecule has 2 aromatic carbocycles. The molecule has 0 bridgehead atoms. The van der Waals surface area contributed by atoms with Crippen LogP contribution < -0.4 is 4.74 Å². The van der Waals surface area contributed by atoms with Gasteiger partial charge in [-0.1, -0.05) is 45.4 Å². The molecule has 0 saturated heterocycles. The minimum Gasteiger partial charge on any atom is -0.496 e. The lowest BCUT2D eigenvalue weighted by Gasteiger charge is -2.08. The maximum Gasteiger partial charge on any atom is 0.147 e. The fourth-order valence-electron chi connectivity index (χ4n) is 2.18. The van der Waals surface area contributed by atoms with Gasteiger partial charge in [-0.3, -0.25) is 0 Å². The number of ether oxygens (including phenoxy) is 1. The summed E-state index contributed by atoms with van der Waals surface area (Å²) in [5, 5.41) is 6.96. The molecule has 0 atom stereocenters. The van der Waals surface area contributed by atoms with E-state index in [1.165, 1.54) is 0 Å². The second kappa shape index (κ2) is 5.05. The van der Waals surface area contributed by atoms with Crippen LogP contribution in [0.4, 0.5) is 0 Å². The van der Waals surface area contributed by atoms with Crippen LogP contribution in [0, 0.1) is 0 Å². The predicted molar refractivity (Wildman–Crippen MR) is 78.6 cm³/mol. The lowest BCUT2D eigenvalue weighted by molar-refractivity contribution is 0.398. The normalized spacial score (nSPS) is 10.8. The fraction of sp³-hybridized carbons (Fsp3) is 0.133. The minimum atomic E-state index is 0.661. The molecule has 0 saturated carbocycles. The van der Waals surface area contributed by atoms with Crippen LogP contribution in [0.2, 0.25) is 0 Å². The van der Waals surface area contributed by atoms with Crippen molar-refractivity contribution >= 4 is 26.7 Å². The van der Waals surface area contributed by atoms with E-state index in [2.05, 4.69) is 27.2 Å². The topological polar surface area (TPSA) is 35.3 Å². The lowest BCUT2D eigenvalue weighted by atomic mass is 10.0. The van der Waals surface area contributed by atoms with Gasteiger partial charge < -0.3 is 9.26 Å². The number of aromatic nitrogens is 1. The predicted octanol–water partition coefficient (Wildman–Crippen LogP) is 4.40. The molecule has 0 fully saturated rings. The van der Waals surface area contributed by atoms with Crippen LogP contribution in [0.25, 0.3) is 22.0 Å². The van der Waals surface area contributed by atoms with Crippen molar-refractivity contribution in [1.82, 2.24) is 5.16 Å². The number of methoxy groups -OCH3 is 1. The molecular formula is C15H12BrNO2. The third-order valence-corrected chi connectivity index (χ3v) is 3.62. The number of fused-ring (bicyclic) bond motifs is 1. The van der Waals surface area contributed by atoms with Gasteiger partial charge in [-0.15, -0.1) is 0 Å². The Kier molecular flexibility index (Phi) is 3.25. The van der Waals surface area contributed by atoms with Crippen molar-refractivity contribution in [1.29, 1.82) is 0 Å². The number of alkyl halides is 1. The van der Waals surface area contributed by atoms with Crippen LogP contribution in [0.1, 0.15) is 5.76 Å². The van der Waals surface area contributed by atoms with Crippen molar-refractivity contribution in [3.8, 4) is 17.0 Å². The van der Waals surface area contributed by atoms with Gasteiger partial charge in [0.05, 0.1) is 12.4 Å². The van der Waals surface area contributed by atoms with Crippen LogP contribution >= 0.6 is 15.9 Å². The van der Waals surface area contributed by atoms with Gasteiger partial charge in [0.15, 0.2) is 0 Å². The largest absolute Gasteiger partial charge is 0.496 e. The second-order valence-corrected chi connectivity index (χ2v) is 4.73.